The fraction of sp³-hybridized carbons (Fsp3) is 0.143. The summed E-state index contributed by atoms with van der Waals surface area (Å²) >= 11 is 0. The van der Waals surface area contributed by atoms with E-state index in [1.54, 1.807) is 0 Å². The molecule has 2 N–H and O–H groups in total. The van der Waals surface area contributed by atoms with E-state index < -0.39 is 7.56 Å². The molecule has 0 fully saturated rings. The van der Waals surface area contributed by atoms with Crippen molar-refractivity contribution in [3.63, 3.8) is 0 Å². The van der Waals surface area contributed by atoms with Gasteiger partial charge in [-0.25, -0.2) is 0 Å². The van der Waals surface area contributed by atoms with Crippen LogP contribution >= 0.6 is 7.56 Å². The van der Waals surface area contributed by atoms with Gasteiger partial charge in [-0.1, -0.05) is 36.4 Å². The minimum atomic E-state index is -1.66. The first kappa shape index (κ1) is 12.3. The van der Waals surface area contributed by atoms with Crippen molar-refractivity contribution >= 4 is 18.2 Å². The highest BCUT2D eigenvalue weighted by atomic mass is 31.2. The van der Waals surface area contributed by atoms with E-state index in [0.717, 1.165) is 0 Å². The highest BCUT2D eigenvalue weighted by Crippen LogP contribution is 2.46. The van der Waals surface area contributed by atoms with Gasteiger partial charge in [0.05, 0.1) is 0 Å². The Morgan fingerprint density at radius 3 is 1.29 bits per heavy atom. The van der Waals surface area contributed by atoms with E-state index in [4.69, 9.17) is 0 Å². The molecule has 2 rings (SSSR count). The number of nitrogens with one attached hydrogen (secondary N) is 2. The average molecular weight is 245 g/mol. The predicted octanol–water partition coefficient (Wildman–Crippen LogP) is 1.92. The maximum absolute atomic E-state index is 3.50. The molecule has 0 radical (unpaired) electrons. The van der Waals surface area contributed by atoms with Crippen LogP contribution in [0.3, 0.4) is 0 Å². The number of hydrogen-bond acceptors (Lipinski definition) is 2. The van der Waals surface area contributed by atoms with Gasteiger partial charge in [-0.15, -0.1) is 0 Å². The lowest BCUT2D eigenvalue weighted by molar-refractivity contribution is 1.14. The first-order valence-electron chi connectivity index (χ1n) is 5.72. The van der Waals surface area contributed by atoms with Crippen molar-refractivity contribution in [3.8, 4) is 0 Å². The molecule has 0 amide bonds. The van der Waals surface area contributed by atoms with Gasteiger partial charge in [0.15, 0.2) is 0 Å². The maximum Gasteiger partial charge on any atom is 0.213 e. The molecule has 2 aromatic rings. The lowest BCUT2D eigenvalue weighted by atomic mass is 10.4. The Morgan fingerprint density at radius 1 is 0.647 bits per heavy atom. The standard InChI is InChI=1S/C14H18N2P/c1-15-17(16-2,13-9-5-3-6-10-13)14-11-7-4-8-12-14/h3-12,15-16H,1-2H3/q+1. The largest absolute Gasteiger partial charge is 0.213 e. The molecular weight excluding hydrogens is 227 g/mol. The monoisotopic (exact) mass is 245 g/mol. The Morgan fingerprint density at radius 2 is 1.00 bits per heavy atom. The Bertz CT molecular complexity index is 411. The van der Waals surface area contributed by atoms with Crippen molar-refractivity contribution in [1.82, 2.24) is 10.2 Å². The minimum Gasteiger partial charge on any atom is -0.170 e. The Balaban J connectivity index is 2.54. The van der Waals surface area contributed by atoms with E-state index in [1.807, 2.05) is 14.1 Å². The smallest absolute Gasteiger partial charge is 0.170 e. The summed E-state index contributed by atoms with van der Waals surface area (Å²) in [4.78, 5) is 0. The second-order valence-electron chi connectivity index (χ2n) is 3.79. The summed E-state index contributed by atoms with van der Waals surface area (Å²) in [6.45, 7) is 0. The van der Waals surface area contributed by atoms with Gasteiger partial charge in [-0.3, -0.25) is 0 Å². The lowest BCUT2D eigenvalue weighted by Crippen LogP contribution is -2.39. The second-order valence-corrected chi connectivity index (χ2v) is 7.06. The zero-order chi connectivity index (χ0) is 12.1. The van der Waals surface area contributed by atoms with Gasteiger partial charge in [-0.05, 0) is 24.3 Å². The van der Waals surface area contributed by atoms with Gasteiger partial charge < -0.3 is 0 Å². The number of hydrogen-bond donors (Lipinski definition) is 2. The molecule has 0 unspecified atom stereocenters. The second kappa shape index (κ2) is 5.42. The zero-order valence-corrected chi connectivity index (χ0v) is 11.1. The Kier molecular flexibility index (Phi) is 3.90. The molecule has 2 nitrogen and oxygen atoms in total. The van der Waals surface area contributed by atoms with E-state index in [9.17, 15) is 0 Å². The molecule has 0 aliphatic heterocycles. The summed E-state index contributed by atoms with van der Waals surface area (Å²) < 4.78 is 0. The predicted molar refractivity (Wildman–Crippen MR) is 77.2 cm³/mol. The molecule has 17 heavy (non-hydrogen) atoms. The maximum atomic E-state index is 3.50. The summed E-state index contributed by atoms with van der Waals surface area (Å²) in [5.41, 5.74) is 0. The quantitative estimate of drug-likeness (QED) is 0.804. The van der Waals surface area contributed by atoms with E-state index >= 15 is 0 Å². The first-order chi connectivity index (χ1) is 8.33. The summed E-state index contributed by atoms with van der Waals surface area (Å²) in [5, 5.41) is 9.63. The van der Waals surface area contributed by atoms with Crippen molar-refractivity contribution in [3.05, 3.63) is 60.7 Å². The molecule has 3 heteroatoms. The molecule has 0 bridgehead atoms. The minimum absolute atomic E-state index is 1.32. The Labute approximate surface area is 104 Å². The van der Waals surface area contributed by atoms with Gasteiger partial charge in [0, 0.05) is 14.1 Å². The summed E-state index contributed by atoms with van der Waals surface area (Å²) in [5.74, 6) is 0. The summed E-state index contributed by atoms with van der Waals surface area (Å²) in [7, 11) is 2.37. The van der Waals surface area contributed by atoms with Gasteiger partial charge in [0.2, 0.25) is 7.56 Å². The third kappa shape index (κ3) is 2.25. The van der Waals surface area contributed by atoms with Gasteiger partial charge in [0.1, 0.15) is 10.6 Å². The average Bonchev–Trinajstić information content (AvgIpc) is 2.43. The molecule has 0 aliphatic carbocycles. The molecule has 88 valence electrons. The number of benzene rings is 2. The lowest BCUT2D eigenvalue weighted by Gasteiger charge is -2.24. The van der Waals surface area contributed by atoms with Crippen molar-refractivity contribution in [1.29, 1.82) is 0 Å². The van der Waals surface area contributed by atoms with Gasteiger partial charge in [-0.2, -0.15) is 10.2 Å². The molecule has 0 aromatic heterocycles. The van der Waals surface area contributed by atoms with Gasteiger partial charge in [0.25, 0.3) is 0 Å². The summed E-state index contributed by atoms with van der Waals surface area (Å²) in [6, 6.07) is 21.1. The van der Waals surface area contributed by atoms with Crippen LogP contribution in [-0.4, -0.2) is 14.1 Å². The van der Waals surface area contributed by atoms with Crippen LogP contribution in [0.4, 0.5) is 0 Å². The van der Waals surface area contributed by atoms with Crippen molar-refractivity contribution in [2.75, 3.05) is 14.1 Å². The molecule has 0 heterocycles. The molecule has 0 atom stereocenters. The van der Waals surface area contributed by atoms with Crippen LogP contribution in [0.15, 0.2) is 60.7 Å². The van der Waals surface area contributed by atoms with Crippen molar-refractivity contribution < 1.29 is 0 Å². The molecule has 0 aliphatic rings. The van der Waals surface area contributed by atoms with E-state index in [1.165, 1.54) is 10.6 Å². The zero-order valence-electron chi connectivity index (χ0n) is 10.2. The van der Waals surface area contributed by atoms with Crippen molar-refractivity contribution in [2.45, 2.75) is 0 Å². The van der Waals surface area contributed by atoms with Crippen LogP contribution in [0.25, 0.3) is 0 Å². The number of rotatable bonds is 4. The van der Waals surface area contributed by atoms with Crippen molar-refractivity contribution in [2.24, 2.45) is 0 Å². The molecule has 0 saturated carbocycles. The fourth-order valence-corrected chi connectivity index (χ4v) is 4.87. The van der Waals surface area contributed by atoms with E-state index in [0.29, 0.717) is 0 Å². The van der Waals surface area contributed by atoms with Crippen LogP contribution in [0.1, 0.15) is 0 Å². The third-order valence-corrected chi connectivity index (χ3v) is 6.44. The topological polar surface area (TPSA) is 24.1 Å². The first-order valence-corrected chi connectivity index (χ1v) is 7.50. The normalized spacial score (nSPS) is 11.4. The van der Waals surface area contributed by atoms with Crippen LogP contribution in [-0.2, 0) is 0 Å². The van der Waals surface area contributed by atoms with E-state index in [-0.39, 0.29) is 0 Å². The third-order valence-electron chi connectivity index (χ3n) is 2.96. The Hall–Kier alpha value is -1.21. The molecule has 2 aromatic carbocycles. The van der Waals surface area contributed by atoms with Gasteiger partial charge >= 0.3 is 0 Å². The summed E-state index contributed by atoms with van der Waals surface area (Å²) in [6.07, 6.45) is 0. The molecular formula is C14H18N2P+. The van der Waals surface area contributed by atoms with Crippen LogP contribution in [0.2, 0.25) is 0 Å². The fourth-order valence-electron chi connectivity index (χ4n) is 2.08. The highest BCUT2D eigenvalue weighted by Gasteiger charge is 2.40. The van der Waals surface area contributed by atoms with Crippen LogP contribution in [0, 0.1) is 0 Å². The van der Waals surface area contributed by atoms with Crippen LogP contribution < -0.4 is 20.8 Å². The van der Waals surface area contributed by atoms with E-state index in [2.05, 4.69) is 70.8 Å². The van der Waals surface area contributed by atoms with Crippen LogP contribution in [0.5, 0.6) is 0 Å². The molecule has 0 saturated heterocycles. The highest BCUT2D eigenvalue weighted by molar-refractivity contribution is 7.86. The molecule has 0 spiro atoms. The SMILES string of the molecule is CN[P+](NC)(c1ccccc1)c1ccccc1.